The van der Waals surface area contributed by atoms with Gasteiger partial charge in [0.15, 0.2) is 0 Å². The van der Waals surface area contributed by atoms with Crippen molar-refractivity contribution in [3.63, 3.8) is 0 Å². The molecular formula is C38H66O15. The lowest BCUT2D eigenvalue weighted by Gasteiger charge is -2.34. The van der Waals surface area contributed by atoms with Gasteiger partial charge in [-0.1, -0.05) is 66.7 Å². The maximum atomic E-state index is 13.3. The van der Waals surface area contributed by atoms with Gasteiger partial charge in [-0.05, 0) is 68.1 Å². The van der Waals surface area contributed by atoms with Gasteiger partial charge in [-0.2, -0.15) is 0 Å². The number of carbonyl (C=O) groups is 6. The number of carboxylic acid groups (broad SMARTS) is 4. The van der Waals surface area contributed by atoms with Gasteiger partial charge in [0.2, 0.25) is 0 Å². The number of rotatable bonds is 32. The lowest BCUT2D eigenvalue weighted by molar-refractivity contribution is -0.176. The van der Waals surface area contributed by atoms with E-state index in [0.29, 0.717) is 32.1 Å². The van der Waals surface area contributed by atoms with Crippen LogP contribution in [-0.4, -0.2) is 102 Å². The maximum absolute atomic E-state index is 13.3. The Kier molecular flexibility index (Phi) is 25.6. The molecule has 0 radical (unpaired) electrons. The molecule has 0 aromatic rings. The highest BCUT2D eigenvalue weighted by molar-refractivity contribution is 5.76. The number of hydrogen-bond acceptors (Lipinski definition) is 11. The van der Waals surface area contributed by atoms with Crippen molar-refractivity contribution in [2.75, 3.05) is 0 Å². The summed E-state index contributed by atoms with van der Waals surface area (Å²) in [6.07, 6.45) is -1.97. The van der Waals surface area contributed by atoms with Crippen molar-refractivity contribution in [1.29, 1.82) is 0 Å². The summed E-state index contributed by atoms with van der Waals surface area (Å²) in [4.78, 5) is 71.9. The Labute approximate surface area is 313 Å². The van der Waals surface area contributed by atoms with E-state index < -0.39 is 123 Å². The smallest absolute Gasteiger partial charge is 0.306 e. The number of esters is 2. The Balaban J connectivity index is 6.04. The summed E-state index contributed by atoms with van der Waals surface area (Å²) >= 11 is 0. The molecule has 8 atom stereocenters. The fourth-order valence-electron chi connectivity index (χ4n) is 6.54. The number of ether oxygens (including phenoxy) is 2. The summed E-state index contributed by atoms with van der Waals surface area (Å²) < 4.78 is 11.7. The highest BCUT2D eigenvalue weighted by Gasteiger charge is 2.36. The topological polar surface area (TPSA) is 262 Å². The average Bonchev–Trinajstić information content (AvgIpc) is 3.02. The first-order valence-electron chi connectivity index (χ1n) is 19.1. The van der Waals surface area contributed by atoms with E-state index in [0.717, 1.165) is 19.3 Å². The molecule has 0 saturated carbocycles. The molecule has 0 rings (SSSR count). The van der Waals surface area contributed by atoms with Crippen molar-refractivity contribution in [3.8, 4) is 0 Å². The van der Waals surface area contributed by atoms with Crippen molar-refractivity contribution in [3.05, 3.63) is 0 Å². The first-order valence-corrected chi connectivity index (χ1v) is 19.1. The van der Waals surface area contributed by atoms with Gasteiger partial charge in [0.05, 0.1) is 18.3 Å². The van der Waals surface area contributed by atoms with Crippen molar-refractivity contribution < 1.29 is 74.0 Å². The number of carboxylic acids is 4. The Bertz CT molecular complexity index is 1080. The first-order chi connectivity index (χ1) is 24.8. The lowest BCUT2D eigenvalue weighted by Crippen LogP contribution is -2.41. The molecule has 53 heavy (non-hydrogen) atoms. The molecule has 0 aromatic carbocycles. The molecule has 8 unspecified atom stereocenters. The summed E-state index contributed by atoms with van der Waals surface area (Å²) in [5.74, 6) is -9.69. The summed E-state index contributed by atoms with van der Waals surface area (Å²) in [6.45, 7) is 9.45. The lowest BCUT2D eigenvalue weighted by atomic mass is 9.87. The molecule has 0 aliphatic heterocycles. The third-order valence-electron chi connectivity index (χ3n) is 9.70. The molecule has 0 bridgehead atoms. The second-order valence-corrected chi connectivity index (χ2v) is 15.0. The van der Waals surface area contributed by atoms with E-state index in [4.69, 9.17) is 9.47 Å². The number of hydrogen-bond donors (Lipinski definition) is 7. The molecule has 0 heterocycles. The molecule has 0 amide bonds. The van der Waals surface area contributed by atoms with Gasteiger partial charge in [-0.15, -0.1) is 0 Å². The standard InChI is InChI=1S/C38H66O15/c1-6-8-11-25(5)38(53-37(51)21-27(18-34(46)47)19-35(48)49)31(52-36(50)20-26(16-32(42)43)17-33(44)45)15-23(3)14-28(39)12-9-10-13-29(40)22-30(41)24(4)7-2/h23-31,38-41H,6-22H2,1-5H3,(H,42,43)(H,44,45)(H,46,47)(H,48,49). The highest BCUT2D eigenvalue weighted by atomic mass is 16.6. The number of aliphatic hydroxyl groups excluding tert-OH is 3. The Morgan fingerprint density at radius 1 is 0.528 bits per heavy atom. The number of aliphatic hydroxyl groups is 3. The largest absolute Gasteiger partial charge is 0.481 e. The van der Waals surface area contributed by atoms with Crippen molar-refractivity contribution >= 4 is 35.8 Å². The average molecular weight is 763 g/mol. The molecule has 0 saturated heterocycles. The second-order valence-electron chi connectivity index (χ2n) is 15.0. The van der Waals surface area contributed by atoms with E-state index >= 15 is 0 Å². The van der Waals surface area contributed by atoms with Crippen LogP contribution >= 0.6 is 0 Å². The van der Waals surface area contributed by atoms with Crippen LogP contribution < -0.4 is 0 Å². The van der Waals surface area contributed by atoms with Crippen molar-refractivity contribution in [1.82, 2.24) is 0 Å². The predicted octanol–water partition coefficient (Wildman–Crippen LogP) is 5.04. The molecular weight excluding hydrogens is 696 g/mol. The van der Waals surface area contributed by atoms with E-state index in [-0.39, 0.29) is 31.1 Å². The molecule has 15 nitrogen and oxygen atoms in total. The fourth-order valence-corrected chi connectivity index (χ4v) is 6.54. The number of aliphatic carboxylic acids is 4. The van der Waals surface area contributed by atoms with Crippen LogP contribution in [0.15, 0.2) is 0 Å². The van der Waals surface area contributed by atoms with Crippen LogP contribution in [0.3, 0.4) is 0 Å². The van der Waals surface area contributed by atoms with Crippen LogP contribution in [-0.2, 0) is 38.2 Å². The third kappa shape index (κ3) is 24.6. The second kappa shape index (κ2) is 27.3. The highest BCUT2D eigenvalue weighted by Crippen LogP contribution is 2.29. The quantitative estimate of drug-likeness (QED) is 0.0350. The first kappa shape index (κ1) is 49.7. The Hall–Kier alpha value is -3.30. The minimum atomic E-state index is -1.29. The molecule has 0 aliphatic carbocycles. The van der Waals surface area contributed by atoms with Crippen LogP contribution in [0.25, 0.3) is 0 Å². The summed E-state index contributed by atoms with van der Waals surface area (Å²) in [6, 6.07) is 0. The van der Waals surface area contributed by atoms with Gasteiger partial charge in [0.1, 0.15) is 12.2 Å². The van der Waals surface area contributed by atoms with E-state index in [9.17, 15) is 64.5 Å². The predicted molar refractivity (Wildman–Crippen MR) is 193 cm³/mol. The summed E-state index contributed by atoms with van der Waals surface area (Å²) in [5, 5.41) is 68.4. The SMILES string of the molecule is CCCCC(C)C(OC(=O)CC(CC(=O)O)CC(=O)O)C(CC(C)CC(O)CCCCC(O)CC(O)C(C)CC)OC(=O)CC(CC(=O)O)CC(=O)O. The minimum absolute atomic E-state index is 0.0792. The third-order valence-corrected chi connectivity index (χ3v) is 9.70. The molecule has 0 fully saturated rings. The maximum Gasteiger partial charge on any atom is 0.306 e. The fraction of sp³-hybridized carbons (Fsp3) is 0.842. The van der Waals surface area contributed by atoms with Gasteiger partial charge in [-0.25, -0.2) is 0 Å². The van der Waals surface area contributed by atoms with Crippen LogP contribution in [0, 0.1) is 29.6 Å². The zero-order valence-electron chi connectivity index (χ0n) is 32.2. The summed E-state index contributed by atoms with van der Waals surface area (Å²) in [5.41, 5.74) is 0. The monoisotopic (exact) mass is 762 g/mol. The molecule has 7 N–H and O–H groups in total. The van der Waals surface area contributed by atoms with Crippen LogP contribution in [0.2, 0.25) is 0 Å². The molecule has 0 aromatic heterocycles. The van der Waals surface area contributed by atoms with Crippen molar-refractivity contribution in [2.45, 2.75) is 174 Å². The molecule has 0 aliphatic rings. The van der Waals surface area contributed by atoms with Gasteiger partial charge in [0, 0.05) is 38.5 Å². The van der Waals surface area contributed by atoms with E-state index in [1.54, 1.807) is 6.92 Å². The minimum Gasteiger partial charge on any atom is -0.481 e. The van der Waals surface area contributed by atoms with Crippen LogP contribution in [0.1, 0.15) is 144 Å². The van der Waals surface area contributed by atoms with Gasteiger partial charge in [0.25, 0.3) is 0 Å². The Morgan fingerprint density at radius 3 is 1.38 bits per heavy atom. The number of carbonyl (C=O) groups excluding carboxylic acids is 2. The molecule has 308 valence electrons. The number of unbranched alkanes of at least 4 members (excludes halogenated alkanes) is 2. The Morgan fingerprint density at radius 2 is 0.962 bits per heavy atom. The van der Waals surface area contributed by atoms with Crippen LogP contribution in [0.5, 0.6) is 0 Å². The zero-order chi connectivity index (χ0) is 40.7. The van der Waals surface area contributed by atoms with Gasteiger partial charge >= 0.3 is 35.8 Å². The zero-order valence-corrected chi connectivity index (χ0v) is 32.2. The normalized spacial score (nSPS) is 16.2. The van der Waals surface area contributed by atoms with E-state index in [1.807, 2.05) is 27.7 Å². The molecule has 0 spiro atoms. The molecule has 15 heteroatoms. The van der Waals surface area contributed by atoms with E-state index in [2.05, 4.69) is 0 Å². The van der Waals surface area contributed by atoms with Gasteiger partial charge in [-0.3, -0.25) is 28.8 Å². The van der Waals surface area contributed by atoms with E-state index in [1.165, 1.54) is 0 Å². The van der Waals surface area contributed by atoms with Crippen LogP contribution in [0.4, 0.5) is 0 Å². The van der Waals surface area contributed by atoms with Crippen molar-refractivity contribution in [2.24, 2.45) is 29.6 Å². The summed E-state index contributed by atoms with van der Waals surface area (Å²) in [7, 11) is 0. The van der Waals surface area contributed by atoms with Gasteiger partial charge < -0.3 is 45.2 Å².